The van der Waals surface area contributed by atoms with Crippen LogP contribution in [0, 0.1) is 0 Å². The van der Waals surface area contributed by atoms with E-state index in [2.05, 4.69) is 4.98 Å². The molecule has 1 atom stereocenters. The zero-order valence-corrected chi connectivity index (χ0v) is 19.0. The summed E-state index contributed by atoms with van der Waals surface area (Å²) in [5.41, 5.74) is 1.78. The number of aliphatic hydroxyl groups excluding tert-OH is 1. The van der Waals surface area contributed by atoms with Crippen LogP contribution in [0.15, 0.2) is 78.5 Å². The topological polar surface area (TPSA) is 96.8 Å². The lowest BCUT2D eigenvalue weighted by Gasteiger charge is -2.24. The Balaban J connectivity index is 1.75. The molecule has 0 bridgehead atoms. The van der Waals surface area contributed by atoms with Crippen molar-refractivity contribution in [2.24, 2.45) is 0 Å². The number of ketones is 1. The number of aromatic nitrogens is 1. The molecule has 3 aromatic rings. The molecule has 0 spiro atoms. The molecule has 8 heteroatoms. The maximum absolute atomic E-state index is 13.1. The molecule has 4 rings (SSSR count). The Morgan fingerprint density at radius 3 is 2.47 bits per heavy atom. The van der Waals surface area contributed by atoms with Gasteiger partial charge in [0.15, 0.2) is 0 Å². The van der Waals surface area contributed by atoms with Crippen LogP contribution in [0.3, 0.4) is 0 Å². The number of hydrogen-bond acceptors (Lipinski definition) is 6. The molecular weight excluding hydrogens is 456 g/mol. The van der Waals surface area contributed by atoms with E-state index in [0.29, 0.717) is 27.4 Å². The molecule has 2 aromatic carbocycles. The van der Waals surface area contributed by atoms with Gasteiger partial charge in [-0.15, -0.1) is 0 Å². The van der Waals surface area contributed by atoms with Gasteiger partial charge in [0.05, 0.1) is 23.4 Å². The summed E-state index contributed by atoms with van der Waals surface area (Å²) in [5.74, 6) is -2.33. The zero-order valence-electron chi connectivity index (χ0n) is 18.3. The minimum Gasteiger partial charge on any atom is -0.507 e. The fraction of sp³-hybridized carbons (Fsp3) is 0.154. The lowest BCUT2D eigenvalue weighted by Crippen LogP contribution is -2.29. The third-order valence-electron chi connectivity index (χ3n) is 5.42. The second-order valence-corrected chi connectivity index (χ2v) is 8.05. The molecule has 1 N–H and O–H groups in total. The van der Waals surface area contributed by atoms with Crippen LogP contribution in [-0.4, -0.2) is 39.3 Å². The maximum atomic E-state index is 13.1. The third-order valence-corrected chi connectivity index (χ3v) is 5.66. The number of rotatable bonds is 6. The highest BCUT2D eigenvalue weighted by Crippen LogP contribution is 2.39. The lowest BCUT2D eigenvalue weighted by molar-refractivity contribution is -0.140. The van der Waals surface area contributed by atoms with E-state index in [1.54, 1.807) is 73.8 Å². The van der Waals surface area contributed by atoms with Gasteiger partial charge < -0.3 is 14.7 Å². The molecule has 172 valence electrons. The standard InChI is InChI=1S/C26H21ClN2O5/c1-2-34-26(33)17-11-9-16(10-12-17)15-29-22(20-8-3-4-13-28-20)21(24(31)25(29)32)23(30)18-6-5-7-19(27)14-18/h3-14,22,30H,2,15H2,1H3/b23-21+. The van der Waals surface area contributed by atoms with Gasteiger partial charge in [0.2, 0.25) is 0 Å². The third kappa shape index (κ3) is 4.56. The summed E-state index contributed by atoms with van der Waals surface area (Å²) in [4.78, 5) is 43.8. The quantitative estimate of drug-likeness (QED) is 0.243. The second-order valence-electron chi connectivity index (χ2n) is 7.61. The van der Waals surface area contributed by atoms with Gasteiger partial charge in [0.1, 0.15) is 11.8 Å². The molecule has 7 nitrogen and oxygen atoms in total. The van der Waals surface area contributed by atoms with Crippen LogP contribution in [0.2, 0.25) is 5.02 Å². The molecule has 1 amide bonds. The number of carbonyl (C=O) groups is 3. The molecule has 0 aliphatic carbocycles. The summed E-state index contributed by atoms with van der Waals surface area (Å²) in [5, 5.41) is 11.4. The van der Waals surface area contributed by atoms with E-state index in [1.165, 1.54) is 11.0 Å². The number of hydrogen-bond donors (Lipinski definition) is 1. The van der Waals surface area contributed by atoms with Gasteiger partial charge in [-0.05, 0) is 48.9 Å². The van der Waals surface area contributed by atoms with E-state index in [4.69, 9.17) is 16.3 Å². The van der Waals surface area contributed by atoms with Crippen molar-refractivity contribution < 1.29 is 24.2 Å². The molecule has 1 saturated heterocycles. The van der Waals surface area contributed by atoms with Crippen molar-refractivity contribution in [1.29, 1.82) is 0 Å². The van der Waals surface area contributed by atoms with E-state index in [1.807, 2.05) is 0 Å². The fourth-order valence-electron chi connectivity index (χ4n) is 3.84. The average molecular weight is 477 g/mol. The first-order valence-electron chi connectivity index (χ1n) is 10.6. The number of nitrogens with zero attached hydrogens (tertiary/aromatic N) is 2. The van der Waals surface area contributed by atoms with Gasteiger partial charge in [-0.2, -0.15) is 0 Å². The normalized spacial score (nSPS) is 17.1. The zero-order chi connectivity index (χ0) is 24.2. The number of likely N-dealkylation sites (tertiary alicyclic amines) is 1. The number of amides is 1. The highest BCUT2D eigenvalue weighted by molar-refractivity contribution is 6.46. The predicted molar refractivity (Wildman–Crippen MR) is 126 cm³/mol. The highest BCUT2D eigenvalue weighted by atomic mass is 35.5. The second kappa shape index (κ2) is 9.89. The summed E-state index contributed by atoms with van der Waals surface area (Å²) in [6, 6.07) is 17.3. The fourth-order valence-corrected chi connectivity index (χ4v) is 4.03. The molecule has 0 radical (unpaired) electrons. The molecule has 1 aliphatic rings. The predicted octanol–water partition coefficient (Wildman–Crippen LogP) is 4.53. The molecule has 1 unspecified atom stereocenters. The SMILES string of the molecule is CCOC(=O)c1ccc(CN2C(=O)C(=O)/C(=C(/O)c3cccc(Cl)c3)C2c2ccccn2)cc1. The van der Waals surface area contributed by atoms with Gasteiger partial charge in [-0.25, -0.2) is 4.79 Å². The Hall–Kier alpha value is -3.97. The van der Waals surface area contributed by atoms with Crippen molar-refractivity contribution in [2.45, 2.75) is 19.5 Å². The molecule has 34 heavy (non-hydrogen) atoms. The van der Waals surface area contributed by atoms with Crippen molar-refractivity contribution in [3.05, 3.63) is 106 Å². The van der Waals surface area contributed by atoms with Crippen molar-refractivity contribution in [3.63, 3.8) is 0 Å². The summed E-state index contributed by atoms with van der Waals surface area (Å²) in [6.45, 7) is 2.06. The van der Waals surface area contributed by atoms with Crippen LogP contribution >= 0.6 is 11.6 Å². The Bertz CT molecular complexity index is 1270. The molecule has 2 heterocycles. The average Bonchev–Trinajstić information content (AvgIpc) is 3.09. The number of Topliss-reactive ketones (excluding diaryl/α,β-unsaturated/α-hetero) is 1. The van der Waals surface area contributed by atoms with E-state index < -0.39 is 23.7 Å². The maximum Gasteiger partial charge on any atom is 0.338 e. The molecule has 1 fully saturated rings. The number of ether oxygens (including phenoxy) is 1. The Labute approximate surface area is 201 Å². The van der Waals surface area contributed by atoms with Gasteiger partial charge in [-0.1, -0.05) is 41.9 Å². The van der Waals surface area contributed by atoms with Gasteiger partial charge >= 0.3 is 5.97 Å². The molecule has 1 aliphatic heterocycles. The van der Waals surface area contributed by atoms with Crippen LogP contribution < -0.4 is 0 Å². The lowest BCUT2D eigenvalue weighted by atomic mass is 9.98. The first-order valence-corrected chi connectivity index (χ1v) is 11.0. The van der Waals surface area contributed by atoms with E-state index in [-0.39, 0.29) is 24.5 Å². The van der Waals surface area contributed by atoms with Crippen LogP contribution in [-0.2, 0) is 20.9 Å². The number of aliphatic hydroxyl groups is 1. The minimum absolute atomic E-state index is 0.0610. The van der Waals surface area contributed by atoms with E-state index in [0.717, 1.165) is 0 Å². The van der Waals surface area contributed by atoms with Crippen molar-refractivity contribution in [1.82, 2.24) is 9.88 Å². The molecular formula is C26H21ClN2O5. The van der Waals surface area contributed by atoms with Crippen LogP contribution in [0.5, 0.6) is 0 Å². The van der Waals surface area contributed by atoms with Crippen molar-refractivity contribution >= 4 is 35.0 Å². The Morgan fingerprint density at radius 2 is 1.82 bits per heavy atom. The highest BCUT2D eigenvalue weighted by Gasteiger charge is 2.46. The summed E-state index contributed by atoms with van der Waals surface area (Å²) in [6.07, 6.45) is 1.56. The number of pyridine rings is 1. The van der Waals surface area contributed by atoms with Gasteiger partial charge in [0, 0.05) is 23.3 Å². The first-order chi connectivity index (χ1) is 16.4. The summed E-state index contributed by atoms with van der Waals surface area (Å²) in [7, 11) is 0. The van der Waals surface area contributed by atoms with E-state index >= 15 is 0 Å². The molecule has 0 saturated carbocycles. The van der Waals surface area contributed by atoms with Crippen LogP contribution in [0.4, 0.5) is 0 Å². The minimum atomic E-state index is -0.898. The number of carbonyl (C=O) groups excluding carboxylic acids is 3. The van der Waals surface area contributed by atoms with Gasteiger partial charge in [0.25, 0.3) is 11.7 Å². The first kappa shape index (κ1) is 23.2. The smallest absolute Gasteiger partial charge is 0.338 e. The number of esters is 1. The van der Waals surface area contributed by atoms with Crippen LogP contribution in [0.25, 0.3) is 5.76 Å². The Kier molecular flexibility index (Phi) is 6.75. The van der Waals surface area contributed by atoms with Crippen LogP contribution in [0.1, 0.15) is 40.1 Å². The van der Waals surface area contributed by atoms with Crippen molar-refractivity contribution in [2.75, 3.05) is 6.61 Å². The largest absolute Gasteiger partial charge is 0.507 e. The number of halogens is 1. The summed E-state index contributed by atoms with van der Waals surface area (Å²) < 4.78 is 5.00. The molecule has 1 aromatic heterocycles. The Morgan fingerprint density at radius 1 is 1.06 bits per heavy atom. The monoisotopic (exact) mass is 476 g/mol. The summed E-state index contributed by atoms with van der Waals surface area (Å²) >= 11 is 6.06. The van der Waals surface area contributed by atoms with Gasteiger partial charge in [-0.3, -0.25) is 14.6 Å². The van der Waals surface area contributed by atoms with E-state index in [9.17, 15) is 19.5 Å². The number of benzene rings is 2. The van der Waals surface area contributed by atoms with Crippen molar-refractivity contribution in [3.8, 4) is 0 Å².